The Morgan fingerprint density at radius 2 is 1.86 bits per heavy atom. The average Bonchev–Trinajstić information content (AvgIpc) is 2.47. The van der Waals surface area contributed by atoms with E-state index < -0.39 is 11.9 Å². The highest BCUT2D eigenvalue weighted by Crippen LogP contribution is 2.15. The summed E-state index contributed by atoms with van der Waals surface area (Å²) in [5, 5.41) is 28.6. The maximum Gasteiger partial charge on any atom is 0.304 e. The summed E-state index contributed by atoms with van der Waals surface area (Å²) in [7, 11) is 0. The molecule has 0 amide bonds. The highest BCUT2D eigenvalue weighted by Gasteiger charge is 2.17. The molecule has 6 heteroatoms. The van der Waals surface area contributed by atoms with Crippen LogP contribution in [0.3, 0.4) is 0 Å². The standard InChI is InChI=1S/C15H13N3O3/c1-10(6-14(19)20)15(21)12-2-4-13(5-3-12)18-9-11(7-16)8-17/h2-5,9-10,18H,6H2,1H3,(H,19,20). The molecule has 0 aliphatic carbocycles. The summed E-state index contributed by atoms with van der Waals surface area (Å²) in [4.78, 5) is 22.6. The van der Waals surface area contributed by atoms with Crippen LogP contribution < -0.4 is 5.32 Å². The van der Waals surface area contributed by atoms with Gasteiger partial charge in [-0.15, -0.1) is 0 Å². The van der Waals surface area contributed by atoms with Crippen molar-refractivity contribution >= 4 is 17.4 Å². The van der Waals surface area contributed by atoms with Crippen molar-refractivity contribution in [2.24, 2.45) is 5.92 Å². The van der Waals surface area contributed by atoms with Crippen molar-refractivity contribution in [3.63, 3.8) is 0 Å². The number of rotatable bonds is 6. The fourth-order valence-corrected chi connectivity index (χ4v) is 1.61. The predicted molar refractivity (Wildman–Crippen MR) is 75.1 cm³/mol. The molecule has 21 heavy (non-hydrogen) atoms. The SMILES string of the molecule is CC(CC(=O)O)C(=O)c1ccc(NC=C(C#N)C#N)cc1. The van der Waals surface area contributed by atoms with Gasteiger partial charge in [-0.2, -0.15) is 10.5 Å². The number of nitrogens with zero attached hydrogens (tertiary/aromatic N) is 2. The third-order valence-corrected chi connectivity index (χ3v) is 2.72. The average molecular weight is 283 g/mol. The van der Waals surface area contributed by atoms with Gasteiger partial charge in [0.2, 0.25) is 0 Å². The van der Waals surface area contributed by atoms with Gasteiger partial charge in [-0.05, 0) is 24.3 Å². The molecule has 0 aromatic heterocycles. The topological polar surface area (TPSA) is 114 Å². The number of hydrogen-bond acceptors (Lipinski definition) is 5. The van der Waals surface area contributed by atoms with Crippen LogP contribution in [-0.4, -0.2) is 16.9 Å². The summed E-state index contributed by atoms with van der Waals surface area (Å²) < 4.78 is 0. The molecule has 0 aliphatic heterocycles. The number of carboxylic acids is 1. The summed E-state index contributed by atoms with van der Waals surface area (Å²) in [6.45, 7) is 1.57. The number of Topliss-reactive ketones (excluding diaryl/α,β-unsaturated/α-hetero) is 1. The fraction of sp³-hybridized carbons (Fsp3) is 0.200. The largest absolute Gasteiger partial charge is 0.481 e. The second-order valence-electron chi connectivity index (χ2n) is 4.37. The van der Waals surface area contributed by atoms with E-state index in [0.717, 1.165) is 0 Å². The van der Waals surface area contributed by atoms with Gasteiger partial charge in [-0.3, -0.25) is 9.59 Å². The van der Waals surface area contributed by atoms with Crippen molar-refractivity contribution in [1.29, 1.82) is 10.5 Å². The van der Waals surface area contributed by atoms with Gasteiger partial charge in [0.05, 0.1) is 6.42 Å². The van der Waals surface area contributed by atoms with E-state index >= 15 is 0 Å². The molecular weight excluding hydrogens is 270 g/mol. The van der Waals surface area contributed by atoms with Crippen LogP contribution in [-0.2, 0) is 4.79 Å². The van der Waals surface area contributed by atoms with Crippen LogP contribution in [0.1, 0.15) is 23.7 Å². The number of carboxylic acid groups (broad SMARTS) is 1. The minimum atomic E-state index is -1.01. The second-order valence-corrected chi connectivity index (χ2v) is 4.37. The lowest BCUT2D eigenvalue weighted by atomic mass is 9.96. The number of anilines is 1. The van der Waals surface area contributed by atoms with Gasteiger partial charge in [-0.1, -0.05) is 6.92 Å². The Morgan fingerprint density at radius 3 is 2.33 bits per heavy atom. The monoisotopic (exact) mass is 283 g/mol. The first-order valence-electron chi connectivity index (χ1n) is 6.11. The number of allylic oxidation sites excluding steroid dienone is 1. The zero-order valence-electron chi connectivity index (χ0n) is 11.3. The minimum absolute atomic E-state index is 0.0646. The number of nitriles is 2. The molecule has 1 rings (SSSR count). The lowest BCUT2D eigenvalue weighted by molar-refractivity contribution is -0.137. The van der Waals surface area contributed by atoms with Crippen molar-refractivity contribution in [1.82, 2.24) is 0 Å². The molecule has 0 saturated carbocycles. The van der Waals surface area contributed by atoms with E-state index in [9.17, 15) is 9.59 Å². The molecule has 1 aromatic carbocycles. The molecule has 106 valence electrons. The normalized spacial score (nSPS) is 10.6. The number of carbonyl (C=O) groups is 2. The third kappa shape index (κ3) is 4.81. The van der Waals surface area contributed by atoms with E-state index in [2.05, 4.69) is 5.32 Å². The third-order valence-electron chi connectivity index (χ3n) is 2.72. The fourth-order valence-electron chi connectivity index (χ4n) is 1.61. The van der Waals surface area contributed by atoms with Gasteiger partial charge in [-0.25, -0.2) is 0 Å². The molecule has 1 unspecified atom stereocenters. The van der Waals surface area contributed by atoms with Crippen molar-refractivity contribution in [3.05, 3.63) is 41.6 Å². The Labute approximate surface area is 121 Å². The van der Waals surface area contributed by atoms with E-state index in [-0.39, 0.29) is 17.8 Å². The molecule has 1 aromatic rings. The number of nitrogens with one attached hydrogen (secondary N) is 1. The van der Waals surface area contributed by atoms with Gasteiger partial charge >= 0.3 is 5.97 Å². The summed E-state index contributed by atoms with van der Waals surface area (Å²) in [6, 6.07) is 9.78. The Balaban J connectivity index is 2.77. The highest BCUT2D eigenvalue weighted by atomic mass is 16.4. The number of carbonyl (C=O) groups excluding carboxylic acids is 1. The van der Waals surface area contributed by atoms with Crippen LogP contribution in [0.5, 0.6) is 0 Å². The molecule has 0 heterocycles. The highest BCUT2D eigenvalue weighted by molar-refractivity contribution is 5.99. The molecule has 2 N–H and O–H groups in total. The van der Waals surface area contributed by atoms with Crippen LogP contribution in [0.2, 0.25) is 0 Å². The summed E-state index contributed by atoms with van der Waals surface area (Å²) in [5.41, 5.74) is 0.963. The molecule has 0 spiro atoms. The maximum absolute atomic E-state index is 12.0. The molecule has 0 fully saturated rings. The predicted octanol–water partition coefficient (Wildman–Crippen LogP) is 2.32. The first-order chi connectivity index (χ1) is 9.97. The number of hydrogen-bond donors (Lipinski definition) is 2. The van der Waals surface area contributed by atoms with Crippen LogP contribution in [0, 0.1) is 28.6 Å². The Bertz CT molecular complexity index is 632. The van der Waals surface area contributed by atoms with Gasteiger partial charge < -0.3 is 10.4 Å². The van der Waals surface area contributed by atoms with Crippen molar-refractivity contribution in [3.8, 4) is 12.1 Å². The minimum Gasteiger partial charge on any atom is -0.481 e. The van der Waals surface area contributed by atoms with Gasteiger partial charge in [0.1, 0.15) is 17.7 Å². The van der Waals surface area contributed by atoms with E-state index in [4.69, 9.17) is 15.6 Å². The number of ketones is 1. The quantitative estimate of drug-likeness (QED) is 0.611. The lowest BCUT2D eigenvalue weighted by Gasteiger charge is -2.08. The molecule has 1 atom stereocenters. The zero-order valence-corrected chi connectivity index (χ0v) is 11.3. The van der Waals surface area contributed by atoms with Crippen LogP contribution in [0.25, 0.3) is 0 Å². The van der Waals surface area contributed by atoms with Gasteiger partial charge in [0.25, 0.3) is 0 Å². The van der Waals surface area contributed by atoms with E-state index in [1.165, 1.54) is 6.20 Å². The first kappa shape index (κ1) is 15.9. The van der Waals surface area contributed by atoms with Crippen LogP contribution in [0.4, 0.5) is 5.69 Å². The van der Waals surface area contributed by atoms with Crippen LogP contribution >= 0.6 is 0 Å². The van der Waals surface area contributed by atoms with Crippen molar-refractivity contribution in [2.45, 2.75) is 13.3 Å². The Kier molecular flexibility index (Phi) is 5.66. The smallest absolute Gasteiger partial charge is 0.304 e. The van der Waals surface area contributed by atoms with Gasteiger partial charge in [0.15, 0.2) is 5.78 Å². The molecule has 0 radical (unpaired) electrons. The Hall–Kier alpha value is -3.12. The lowest BCUT2D eigenvalue weighted by Crippen LogP contribution is -2.15. The Morgan fingerprint density at radius 1 is 1.29 bits per heavy atom. The number of aliphatic carboxylic acids is 1. The zero-order chi connectivity index (χ0) is 15.8. The van der Waals surface area contributed by atoms with Crippen molar-refractivity contribution in [2.75, 3.05) is 5.32 Å². The summed E-state index contributed by atoms with van der Waals surface area (Å²) in [5.74, 6) is -1.85. The summed E-state index contributed by atoms with van der Waals surface area (Å²) in [6.07, 6.45) is 1.05. The summed E-state index contributed by atoms with van der Waals surface area (Å²) >= 11 is 0. The van der Waals surface area contributed by atoms with E-state index in [0.29, 0.717) is 11.3 Å². The van der Waals surface area contributed by atoms with Gasteiger partial charge in [0, 0.05) is 23.4 Å². The van der Waals surface area contributed by atoms with E-state index in [1.54, 1.807) is 43.3 Å². The maximum atomic E-state index is 12.0. The number of benzene rings is 1. The molecular formula is C15H13N3O3. The molecule has 0 bridgehead atoms. The molecule has 0 aliphatic rings. The molecule has 6 nitrogen and oxygen atoms in total. The first-order valence-corrected chi connectivity index (χ1v) is 6.11. The van der Waals surface area contributed by atoms with E-state index in [1.807, 2.05) is 0 Å². The van der Waals surface area contributed by atoms with Crippen molar-refractivity contribution < 1.29 is 14.7 Å². The molecule has 0 saturated heterocycles. The van der Waals surface area contributed by atoms with Crippen LogP contribution in [0.15, 0.2) is 36.0 Å². The second kappa shape index (κ2) is 7.46.